The van der Waals surface area contributed by atoms with Gasteiger partial charge < -0.3 is 10.6 Å². The van der Waals surface area contributed by atoms with Crippen LogP contribution in [0.5, 0.6) is 0 Å². The summed E-state index contributed by atoms with van der Waals surface area (Å²) in [7, 11) is 1.78. The normalized spacial score (nSPS) is 11.0. The van der Waals surface area contributed by atoms with Gasteiger partial charge in [-0.25, -0.2) is 0 Å². The molecule has 0 saturated carbocycles. The van der Waals surface area contributed by atoms with Crippen molar-refractivity contribution in [3.05, 3.63) is 33.3 Å². The number of aliphatic imine (C=N–C) groups is 1. The Balaban J connectivity index is 0.00000400. The maximum atomic E-state index is 6.19. The van der Waals surface area contributed by atoms with Gasteiger partial charge in [-0.15, -0.1) is 24.0 Å². The van der Waals surface area contributed by atoms with Gasteiger partial charge in [0.2, 0.25) is 0 Å². The highest BCUT2D eigenvalue weighted by Gasteiger charge is 2.02. The van der Waals surface area contributed by atoms with Gasteiger partial charge in [-0.2, -0.15) is 11.8 Å². The van der Waals surface area contributed by atoms with Crippen molar-refractivity contribution in [1.82, 2.24) is 10.6 Å². The third kappa shape index (κ3) is 9.15. The van der Waals surface area contributed by atoms with E-state index in [1.807, 2.05) is 30.0 Å². The van der Waals surface area contributed by atoms with Crippen molar-refractivity contribution in [2.24, 2.45) is 4.99 Å². The van der Waals surface area contributed by atoms with E-state index in [4.69, 9.17) is 11.6 Å². The Labute approximate surface area is 162 Å². The van der Waals surface area contributed by atoms with Gasteiger partial charge in [0.1, 0.15) is 0 Å². The number of thioether (sulfide) groups is 1. The average Bonchev–Trinajstić information content (AvgIpc) is 2.43. The van der Waals surface area contributed by atoms with E-state index in [1.165, 1.54) is 12.2 Å². The molecule has 0 aliphatic rings. The van der Waals surface area contributed by atoms with Crippen LogP contribution in [-0.2, 0) is 6.54 Å². The number of unbranched alkanes of at least 4 members (excludes halogenated alkanes) is 1. The van der Waals surface area contributed by atoms with Crippen molar-refractivity contribution < 1.29 is 0 Å². The lowest BCUT2D eigenvalue weighted by atomic mass is 10.2. The highest BCUT2D eigenvalue weighted by Crippen LogP contribution is 2.21. The zero-order valence-electron chi connectivity index (χ0n) is 12.3. The second-order valence-electron chi connectivity index (χ2n) is 4.29. The number of nitrogens with one attached hydrogen (secondary N) is 2. The van der Waals surface area contributed by atoms with Gasteiger partial charge in [0, 0.05) is 29.6 Å². The topological polar surface area (TPSA) is 36.4 Å². The highest BCUT2D eigenvalue weighted by molar-refractivity contribution is 14.0. The second-order valence-corrected chi connectivity index (χ2v) is 6.60. The van der Waals surface area contributed by atoms with Crippen LogP contribution in [0.3, 0.4) is 0 Å². The molecule has 0 heterocycles. The predicted molar refractivity (Wildman–Crippen MR) is 110 cm³/mol. The molecule has 0 amide bonds. The summed E-state index contributed by atoms with van der Waals surface area (Å²) >= 11 is 11.5. The monoisotopic (exact) mass is 505 g/mol. The van der Waals surface area contributed by atoms with Gasteiger partial charge in [0.05, 0.1) is 0 Å². The number of nitrogens with zero attached hydrogens (tertiary/aromatic N) is 1. The molecule has 3 nitrogen and oxygen atoms in total. The molecule has 0 unspecified atom stereocenters. The molecular weight excluding hydrogens is 485 g/mol. The third-order valence-corrected chi connectivity index (χ3v) is 4.29. The van der Waals surface area contributed by atoms with E-state index in [2.05, 4.69) is 37.8 Å². The van der Waals surface area contributed by atoms with E-state index in [1.54, 1.807) is 7.05 Å². The SMILES string of the molecule is CN=C(NCCCCSC)NCc1ccc(Br)cc1Cl.I. The van der Waals surface area contributed by atoms with Crippen LogP contribution in [0.25, 0.3) is 0 Å². The maximum absolute atomic E-state index is 6.19. The van der Waals surface area contributed by atoms with Crippen LogP contribution in [0.15, 0.2) is 27.7 Å². The zero-order valence-corrected chi connectivity index (χ0v) is 17.8. The second kappa shape index (κ2) is 12.8. The number of rotatable bonds is 7. The van der Waals surface area contributed by atoms with Crippen molar-refractivity contribution >= 4 is 69.2 Å². The van der Waals surface area contributed by atoms with Crippen molar-refractivity contribution in [1.29, 1.82) is 0 Å². The van der Waals surface area contributed by atoms with Crippen LogP contribution in [0, 0.1) is 0 Å². The maximum Gasteiger partial charge on any atom is 0.191 e. The molecule has 0 spiro atoms. The largest absolute Gasteiger partial charge is 0.356 e. The fourth-order valence-corrected chi connectivity index (χ4v) is 2.88. The minimum Gasteiger partial charge on any atom is -0.356 e. The van der Waals surface area contributed by atoms with Gasteiger partial charge in [0.25, 0.3) is 0 Å². The van der Waals surface area contributed by atoms with Gasteiger partial charge >= 0.3 is 0 Å². The lowest BCUT2D eigenvalue weighted by molar-refractivity contribution is 0.733. The Hall–Kier alpha value is 0.340. The first kappa shape index (κ1) is 21.3. The molecule has 0 bridgehead atoms. The van der Waals surface area contributed by atoms with E-state index in [-0.39, 0.29) is 24.0 Å². The van der Waals surface area contributed by atoms with Gasteiger partial charge in [-0.05, 0) is 42.5 Å². The van der Waals surface area contributed by atoms with Gasteiger partial charge in [-0.1, -0.05) is 33.6 Å². The molecule has 7 heteroatoms. The molecule has 0 fully saturated rings. The molecular formula is C14H22BrClIN3S. The van der Waals surface area contributed by atoms with Gasteiger partial charge in [0.15, 0.2) is 5.96 Å². The highest BCUT2D eigenvalue weighted by atomic mass is 127. The Bertz CT molecular complexity index is 446. The molecule has 1 rings (SSSR count). The number of benzene rings is 1. The van der Waals surface area contributed by atoms with E-state index in [0.29, 0.717) is 6.54 Å². The summed E-state index contributed by atoms with van der Waals surface area (Å²) in [5.74, 6) is 2.02. The molecule has 21 heavy (non-hydrogen) atoms. The molecule has 0 atom stereocenters. The summed E-state index contributed by atoms with van der Waals surface area (Å²) in [4.78, 5) is 4.21. The molecule has 0 aliphatic carbocycles. The van der Waals surface area contributed by atoms with Crippen LogP contribution < -0.4 is 10.6 Å². The minimum atomic E-state index is 0. The van der Waals surface area contributed by atoms with E-state index in [0.717, 1.165) is 34.0 Å². The summed E-state index contributed by atoms with van der Waals surface area (Å²) in [6, 6.07) is 5.89. The first-order chi connectivity index (χ1) is 9.67. The van der Waals surface area contributed by atoms with Crippen molar-refractivity contribution in [3.63, 3.8) is 0 Å². The molecule has 0 saturated heterocycles. The molecule has 1 aromatic rings. The van der Waals surface area contributed by atoms with E-state index in [9.17, 15) is 0 Å². The van der Waals surface area contributed by atoms with Crippen LogP contribution in [0.2, 0.25) is 5.02 Å². The molecule has 0 aromatic heterocycles. The molecule has 2 N–H and O–H groups in total. The quantitative estimate of drug-likeness (QED) is 0.247. The number of guanidine groups is 1. The number of hydrogen-bond donors (Lipinski definition) is 2. The van der Waals surface area contributed by atoms with Crippen LogP contribution in [0.4, 0.5) is 0 Å². The minimum absolute atomic E-state index is 0. The summed E-state index contributed by atoms with van der Waals surface area (Å²) in [6.07, 6.45) is 4.51. The standard InChI is InChI=1S/C14H21BrClN3S.HI/c1-17-14(18-7-3-4-8-20-2)19-10-11-5-6-12(15)9-13(11)16;/h5-6,9H,3-4,7-8,10H2,1-2H3,(H2,17,18,19);1H. The third-order valence-electron chi connectivity index (χ3n) is 2.75. The molecule has 0 radical (unpaired) electrons. The molecule has 0 aliphatic heterocycles. The molecule has 1 aromatic carbocycles. The zero-order chi connectivity index (χ0) is 14.8. The lowest BCUT2D eigenvalue weighted by Crippen LogP contribution is -2.37. The van der Waals surface area contributed by atoms with Gasteiger partial charge in [-0.3, -0.25) is 4.99 Å². The Kier molecular flexibility index (Phi) is 13.0. The predicted octanol–water partition coefficient (Wildman–Crippen LogP) is 4.53. The smallest absolute Gasteiger partial charge is 0.191 e. The number of halogens is 3. The summed E-state index contributed by atoms with van der Waals surface area (Å²) in [6.45, 7) is 1.60. The summed E-state index contributed by atoms with van der Waals surface area (Å²) < 4.78 is 0.988. The number of hydrogen-bond acceptors (Lipinski definition) is 2. The van der Waals surface area contributed by atoms with E-state index >= 15 is 0 Å². The van der Waals surface area contributed by atoms with Crippen molar-refractivity contribution in [3.8, 4) is 0 Å². The average molecular weight is 507 g/mol. The first-order valence-electron chi connectivity index (χ1n) is 6.54. The fourth-order valence-electron chi connectivity index (χ4n) is 1.64. The Morgan fingerprint density at radius 3 is 2.71 bits per heavy atom. The Morgan fingerprint density at radius 1 is 1.33 bits per heavy atom. The van der Waals surface area contributed by atoms with Crippen molar-refractivity contribution in [2.75, 3.05) is 25.6 Å². The fraction of sp³-hybridized carbons (Fsp3) is 0.500. The van der Waals surface area contributed by atoms with Crippen LogP contribution in [-0.4, -0.2) is 31.6 Å². The summed E-state index contributed by atoms with van der Waals surface area (Å²) in [5, 5.41) is 7.33. The lowest BCUT2D eigenvalue weighted by Gasteiger charge is -2.12. The van der Waals surface area contributed by atoms with Crippen LogP contribution in [0.1, 0.15) is 18.4 Å². The summed E-state index contributed by atoms with van der Waals surface area (Å²) in [5.41, 5.74) is 1.06. The molecule has 120 valence electrons. The van der Waals surface area contributed by atoms with Crippen LogP contribution >= 0.6 is 63.3 Å². The first-order valence-corrected chi connectivity index (χ1v) is 9.11. The van der Waals surface area contributed by atoms with E-state index < -0.39 is 0 Å². The van der Waals surface area contributed by atoms with Crippen molar-refractivity contribution in [2.45, 2.75) is 19.4 Å². The Morgan fingerprint density at radius 2 is 2.10 bits per heavy atom.